The number of hydrazine groups is 1. The van der Waals surface area contributed by atoms with Gasteiger partial charge in [-0.05, 0) is 55.0 Å². The molecule has 166 valence electrons. The van der Waals surface area contributed by atoms with Crippen LogP contribution in [0.2, 0.25) is 5.02 Å². The molecule has 0 aliphatic rings. The molecular weight excluding hydrogens is 432 g/mol. The highest BCUT2D eigenvalue weighted by Gasteiger charge is 2.13. The Hall–Kier alpha value is -3.71. The molecular formula is C24H23ClN2O5. The summed E-state index contributed by atoms with van der Waals surface area (Å²) >= 11 is 5.97. The molecule has 3 aromatic rings. The van der Waals surface area contributed by atoms with E-state index in [2.05, 4.69) is 10.9 Å². The number of hydrogen-bond donors (Lipinski definition) is 2. The van der Waals surface area contributed by atoms with Crippen molar-refractivity contribution in [2.24, 2.45) is 0 Å². The zero-order valence-corrected chi connectivity index (χ0v) is 18.2. The molecule has 0 atom stereocenters. The second kappa shape index (κ2) is 11.6. The largest absolute Gasteiger partial charge is 0.490 e. The molecule has 0 aliphatic heterocycles. The van der Waals surface area contributed by atoms with Crippen molar-refractivity contribution in [2.45, 2.75) is 6.92 Å². The van der Waals surface area contributed by atoms with E-state index in [4.69, 9.17) is 25.8 Å². The van der Waals surface area contributed by atoms with Gasteiger partial charge in [-0.3, -0.25) is 20.4 Å². The Morgan fingerprint density at radius 3 is 2.31 bits per heavy atom. The third-order valence-electron chi connectivity index (χ3n) is 4.30. The number of amides is 2. The van der Waals surface area contributed by atoms with Crippen LogP contribution in [-0.4, -0.2) is 31.6 Å². The number of rotatable bonds is 9. The molecule has 32 heavy (non-hydrogen) atoms. The van der Waals surface area contributed by atoms with Gasteiger partial charge in [-0.2, -0.15) is 0 Å². The molecule has 0 aliphatic carbocycles. The minimum atomic E-state index is -0.514. The number of benzene rings is 3. The van der Waals surface area contributed by atoms with E-state index >= 15 is 0 Å². The normalized spacial score (nSPS) is 10.2. The van der Waals surface area contributed by atoms with E-state index in [-0.39, 0.29) is 18.8 Å². The molecule has 0 bridgehead atoms. The molecule has 0 heterocycles. The van der Waals surface area contributed by atoms with Gasteiger partial charge in [-0.1, -0.05) is 41.9 Å². The minimum Gasteiger partial charge on any atom is -0.490 e. The Bertz CT molecular complexity index is 1060. The topological polar surface area (TPSA) is 85.9 Å². The third-order valence-corrected chi connectivity index (χ3v) is 4.72. The van der Waals surface area contributed by atoms with Crippen LogP contribution >= 0.6 is 11.6 Å². The van der Waals surface area contributed by atoms with Gasteiger partial charge in [0.15, 0.2) is 6.61 Å². The van der Waals surface area contributed by atoms with E-state index in [9.17, 15) is 9.59 Å². The lowest BCUT2D eigenvalue weighted by atomic mass is 10.2. The predicted octanol–water partition coefficient (Wildman–Crippen LogP) is 3.95. The first kappa shape index (κ1) is 23.0. The highest BCUT2D eigenvalue weighted by molar-refractivity contribution is 6.31. The van der Waals surface area contributed by atoms with Gasteiger partial charge >= 0.3 is 0 Å². The summed E-state index contributed by atoms with van der Waals surface area (Å²) in [5.74, 6) is 0.593. The maximum Gasteiger partial charge on any atom is 0.276 e. The van der Waals surface area contributed by atoms with Gasteiger partial charge in [0.1, 0.15) is 30.5 Å². The van der Waals surface area contributed by atoms with Gasteiger partial charge in [0.05, 0.1) is 5.56 Å². The molecule has 0 fully saturated rings. The SMILES string of the molecule is Cc1cc(OCC(=O)NNC(=O)c2ccccc2OCCOc2ccccc2)ccc1Cl. The molecule has 0 unspecified atom stereocenters. The van der Waals surface area contributed by atoms with Crippen LogP contribution < -0.4 is 25.1 Å². The Balaban J connectivity index is 1.45. The van der Waals surface area contributed by atoms with E-state index in [1.165, 1.54) is 0 Å². The molecule has 0 aromatic heterocycles. The van der Waals surface area contributed by atoms with Gasteiger partial charge < -0.3 is 14.2 Å². The maximum atomic E-state index is 12.5. The minimum absolute atomic E-state index is 0.250. The lowest BCUT2D eigenvalue weighted by molar-refractivity contribution is -0.123. The second-order valence-electron chi connectivity index (χ2n) is 6.71. The third kappa shape index (κ3) is 6.92. The highest BCUT2D eigenvalue weighted by atomic mass is 35.5. The summed E-state index contributed by atoms with van der Waals surface area (Å²) in [5.41, 5.74) is 5.80. The molecule has 0 radical (unpaired) electrons. The monoisotopic (exact) mass is 454 g/mol. The Morgan fingerprint density at radius 2 is 1.53 bits per heavy atom. The molecule has 7 nitrogen and oxygen atoms in total. The van der Waals surface area contributed by atoms with Crippen LogP contribution in [0.1, 0.15) is 15.9 Å². The van der Waals surface area contributed by atoms with E-state index in [1.807, 2.05) is 37.3 Å². The van der Waals surface area contributed by atoms with Gasteiger partial charge in [0.2, 0.25) is 0 Å². The lowest BCUT2D eigenvalue weighted by Gasteiger charge is -2.13. The Labute approximate surface area is 191 Å². The molecule has 2 amide bonds. The fourth-order valence-corrected chi connectivity index (χ4v) is 2.81. The summed E-state index contributed by atoms with van der Waals surface area (Å²) in [4.78, 5) is 24.5. The average molecular weight is 455 g/mol. The summed E-state index contributed by atoms with van der Waals surface area (Å²) in [5, 5.41) is 0.613. The highest BCUT2D eigenvalue weighted by Crippen LogP contribution is 2.21. The number of hydrogen-bond acceptors (Lipinski definition) is 5. The number of para-hydroxylation sites is 2. The summed E-state index contributed by atoms with van der Waals surface area (Å²) in [6, 6.07) is 21.2. The number of carbonyl (C=O) groups excluding carboxylic acids is 2. The summed E-state index contributed by atoms with van der Waals surface area (Å²) in [6.45, 7) is 2.14. The van der Waals surface area contributed by atoms with Gasteiger partial charge in [0.25, 0.3) is 11.8 Å². The van der Waals surface area contributed by atoms with Crippen LogP contribution in [-0.2, 0) is 4.79 Å². The second-order valence-corrected chi connectivity index (χ2v) is 7.12. The smallest absolute Gasteiger partial charge is 0.276 e. The van der Waals surface area contributed by atoms with Crippen LogP contribution in [0.4, 0.5) is 0 Å². The molecule has 8 heteroatoms. The van der Waals surface area contributed by atoms with E-state index in [0.29, 0.717) is 23.1 Å². The fourth-order valence-electron chi connectivity index (χ4n) is 2.69. The summed E-state index contributed by atoms with van der Waals surface area (Å²) in [6.07, 6.45) is 0. The first-order chi connectivity index (χ1) is 15.5. The molecule has 2 N–H and O–H groups in total. The van der Waals surface area contributed by atoms with Crippen molar-refractivity contribution in [3.8, 4) is 17.2 Å². The van der Waals surface area contributed by atoms with E-state index in [0.717, 1.165) is 11.3 Å². The van der Waals surface area contributed by atoms with Gasteiger partial charge in [0, 0.05) is 5.02 Å². The first-order valence-corrected chi connectivity index (χ1v) is 10.3. The fraction of sp³-hybridized carbons (Fsp3) is 0.167. The number of nitrogens with one attached hydrogen (secondary N) is 2. The van der Waals surface area contributed by atoms with Crippen molar-refractivity contribution < 1.29 is 23.8 Å². The lowest BCUT2D eigenvalue weighted by Crippen LogP contribution is -2.44. The van der Waals surface area contributed by atoms with Crippen LogP contribution in [0.3, 0.4) is 0 Å². The quantitative estimate of drug-likeness (QED) is 0.378. The van der Waals surface area contributed by atoms with Crippen molar-refractivity contribution in [1.29, 1.82) is 0 Å². The van der Waals surface area contributed by atoms with Crippen LogP contribution in [0.5, 0.6) is 17.2 Å². The molecule has 0 saturated heterocycles. The van der Waals surface area contributed by atoms with Crippen molar-refractivity contribution in [3.63, 3.8) is 0 Å². The molecule has 3 aromatic carbocycles. The summed E-state index contributed by atoms with van der Waals surface area (Å²) < 4.78 is 16.7. The van der Waals surface area contributed by atoms with Gasteiger partial charge in [-0.25, -0.2) is 0 Å². The standard InChI is InChI=1S/C24H23ClN2O5/c1-17-15-19(11-12-21(17)25)32-16-23(28)26-27-24(29)20-9-5-6-10-22(20)31-14-13-30-18-7-3-2-4-8-18/h2-12,15H,13-14,16H2,1H3,(H,26,28)(H,27,29). The molecule has 0 spiro atoms. The Kier molecular flexibility index (Phi) is 8.34. The predicted molar refractivity (Wildman–Crippen MR) is 121 cm³/mol. The summed E-state index contributed by atoms with van der Waals surface area (Å²) in [7, 11) is 0. The first-order valence-electron chi connectivity index (χ1n) is 9.91. The number of ether oxygens (including phenoxy) is 3. The van der Waals surface area contributed by atoms with Crippen molar-refractivity contribution in [2.75, 3.05) is 19.8 Å². The Morgan fingerprint density at radius 1 is 0.812 bits per heavy atom. The number of aryl methyl sites for hydroxylation is 1. The number of halogens is 1. The maximum absolute atomic E-state index is 12.5. The molecule has 3 rings (SSSR count). The van der Waals surface area contributed by atoms with Gasteiger partial charge in [-0.15, -0.1) is 0 Å². The van der Waals surface area contributed by atoms with E-state index < -0.39 is 11.8 Å². The van der Waals surface area contributed by atoms with Crippen molar-refractivity contribution >= 4 is 23.4 Å². The average Bonchev–Trinajstić information content (AvgIpc) is 2.82. The van der Waals surface area contributed by atoms with Crippen molar-refractivity contribution in [3.05, 3.63) is 88.9 Å². The molecule has 0 saturated carbocycles. The van der Waals surface area contributed by atoms with Crippen molar-refractivity contribution in [1.82, 2.24) is 10.9 Å². The zero-order valence-electron chi connectivity index (χ0n) is 17.5. The van der Waals surface area contributed by atoms with Crippen LogP contribution in [0.25, 0.3) is 0 Å². The zero-order chi connectivity index (χ0) is 22.8. The van der Waals surface area contributed by atoms with Crippen LogP contribution in [0.15, 0.2) is 72.8 Å². The van der Waals surface area contributed by atoms with E-state index in [1.54, 1.807) is 42.5 Å². The van der Waals surface area contributed by atoms with Crippen LogP contribution in [0, 0.1) is 6.92 Å². The number of carbonyl (C=O) groups is 2.